The summed E-state index contributed by atoms with van der Waals surface area (Å²) in [5.74, 6) is -0.277. The number of carbonyl (C=O) groups excluding carboxylic acids is 1. The highest BCUT2D eigenvalue weighted by atomic mass is 32.2. The lowest BCUT2D eigenvalue weighted by Gasteiger charge is -2.19. The molecule has 176 valence electrons. The molecule has 4 aromatic rings. The van der Waals surface area contributed by atoms with E-state index in [2.05, 4.69) is 46.4 Å². The molecular formula is C24H25N5O3S2. The molecule has 0 spiro atoms. The summed E-state index contributed by atoms with van der Waals surface area (Å²) >= 11 is 1.37. The van der Waals surface area contributed by atoms with Gasteiger partial charge in [0.25, 0.3) is 0 Å². The first kappa shape index (κ1) is 23.8. The molecule has 4 rings (SSSR count). The summed E-state index contributed by atoms with van der Waals surface area (Å²) in [6.07, 6.45) is 1.58. The molecule has 0 saturated heterocycles. The highest BCUT2D eigenvalue weighted by Crippen LogP contribution is 2.30. The molecule has 2 aromatic carbocycles. The second kappa shape index (κ2) is 9.11. The van der Waals surface area contributed by atoms with Crippen LogP contribution in [-0.4, -0.2) is 35.2 Å². The number of sulfone groups is 1. The van der Waals surface area contributed by atoms with Crippen LogP contribution < -0.4 is 10.6 Å². The maximum atomic E-state index is 12.8. The molecule has 0 unspecified atom stereocenters. The molecule has 0 radical (unpaired) electrons. The predicted octanol–water partition coefficient (Wildman–Crippen LogP) is 4.85. The van der Waals surface area contributed by atoms with Crippen molar-refractivity contribution in [1.29, 1.82) is 0 Å². The number of thiazole rings is 1. The molecule has 34 heavy (non-hydrogen) atoms. The van der Waals surface area contributed by atoms with Gasteiger partial charge in [0.05, 0.1) is 20.8 Å². The van der Waals surface area contributed by atoms with Crippen LogP contribution in [0.25, 0.3) is 21.5 Å². The van der Waals surface area contributed by atoms with Gasteiger partial charge in [0.2, 0.25) is 11.9 Å². The molecule has 0 fully saturated rings. The molecule has 2 N–H and O–H groups in total. The first-order valence-electron chi connectivity index (χ1n) is 10.6. The second-order valence-corrected chi connectivity index (χ2v) is 11.9. The van der Waals surface area contributed by atoms with E-state index in [0.717, 1.165) is 21.3 Å². The normalized spacial score (nSPS) is 12.0. The third-order valence-corrected chi connectivity index (χ3v) is 7.57. The summed E-state index contributed by atoms with van der Waals surface area (Å²) in [7, 11) is -3.57. The van der Waals surface area contributed by atoms with Crippen molar-refractivity contribution in [3.05, 3.63) is 60.3 Å². The summed E-state index contributed by atoms with van der Waals surface area (Å²) < 4.78 is 26.5. The number of amides is 1. The van der Waals surface area contributed by atoms with E-state index in [1.54, 1.807) is 24.4 Å². The Labute approximate surface area is 202 Å². The quantitative estimate of drug-likeness (QED) is 0.393. The number of carbonyl (C=O) groups is 1. The van der Waals surface area contributed by atoms with E-state index in [0.29, 0.717) is 10.8 Å². The molecule has 0 aliphatic rings. The van der Waals surface area contributed by atoms with Gasteiger partial charge in [0, 0.05) is 18.7 Å². The van der Waals surface area contributed by atoms with Gasteiger partial charge in [0.15, 0.2) is 15.0 Å². The van der Waals surface area contributed by atoms with Crippen molar-refractivity contribution in [2.24, 2.45) is 0 Å². The van der Waals surface area contributed by atoms with Crippen LogP contribution >= 0.6 is 11.3 Å². The van der Waals surface area contributed by atoms with Gasteiger partial charge in [-0.3, -0.25) is 4.79 Å². The molecule has 2 aromatic heterocycles. The van der Waals surface area contributed by atoms with Crippen LogP contribution in [0, 0.1) is 0 Å². The zero-order valence-electron chi connectivity index (χ0n) is 19.3. The van der Waals surface area contributed by atoms with Crippen LogP contribution in [0.15, 0.2) is 59.6 Å². The Morgan fingerprint density at radius 3 is 2.44 bits per heavy atom. The summed E-state index contributed by atoms with van der Waals surface area (Å²) in [4.78, 5) is 24.6. The van der Waals surface area contributed by atoms with Gasteiger partial charge in [-0.2, -0.15) is 0 Å². The summed E-state index contributed by atoms with van der Waals surface area (Å²) in [5, 5.41) is 6.06. The number of hydrogen-bond donors (Lipinski definition) is 2. The van der Waals surface area contributed by atoms with Crippen LogP contribution in [0.3, 0.4) is 0 Å². The Balaban J connectivity index is 1.51. The Bertz CT molecular complexity index is 1460. The van der Waals surface area contributed by atoms with Crippen molar-refractivity contribution in [1.82, 2.24) is 15.0 Å². The molecule has 0 bridgehead atoms. The lowest BCUT2D eigenvalue weighted by atomic mass is 9.87. The Kier molecular flexibility index (Phi) is 6.37. The Hall–Kier alpha value is -3.37. The van der Waals surface area contributed by atoms with Crippen molar-refractivity contribution in [2.75, 3.05) is 16.5 Å². The largest absolute Gasteiger partial charge is 0.340 e. The van der Waals surface area contributed by atoms with E-state index >= 15 is 0 Å². The van der Waals surface area contributed by atoms with Gasteiger partial charge in [-0.25, -0.2) is 23.4 Å². The number of hydrogen-bond acceptors (Lipinski definition) is 8. The third kappa shape index (κ3) is 5.40. The van der Waals surface area contributed by atoms with Gasteiger partial charge < -0.3 is 10.6 Å². The van der Waals surface area contributed by atoms with E-state index < -0.39 is 9.84 Å². The fourth-order valence-corrected chi connectivity index (χ4v) is 5.29. The van der Waals surface area contributed by atoms with Gasteiger partial charge in [0.1, 0.15) is 5.88 Å². The van der Waals surface area contributed by atoms with E-state index in [1.807, 2.05) is 30.3 Å². The number of rotatable bonds is 6. The van der Waals surface area contributed by atoms with Crippen molar-refractivity contribution >= 4 is 48.4 Å². The predicted molar refractivity (Wildman–Crippen MR) is 136 cm³/mol. The maximum Gasteiger partial charge on any atom is 0.224 e. The first-order chi connectivity index (χ1) is 16.0. The number of fused-ring (bicyclic) bond motifs is 1. The molecule has 0 saturated carbocycles. The topological polar surface area (TPSA) is 114 Å². The van der Waals surface area contributed by atoms with Gasteiger partial charge in [-0.05, 0) is 41.3 Å². The molecule has 0 aliphatic carbocycles. The van der Waals surface area contributed by atoms with Crippen LogP contribution in [0.1, 0.15) is 33.3 Å². The number of aromatic nitrogens is 3. The average molecular weight is 496 g/mol. The van der Waals surface area contributed by atoms with E-state index in [4.69, 9.17) is 0 Å². The molecule has 10 heteroatoms. The SMILES string of the molecule is CC(=O)Nc1nc2ccc(-c3ccnc(NCS(=O)(=O)c4ccc(C(C)(C)C)cc4)n3)cc2s1. The van der Waals surface area contributed by atoms with Crippen molar-refractivity contribution < 1.29 is 13.2 Å². The number of nitrogens with zero attached hydrogens (tertiary/aromatic N) is 3. The fourth-order valence-electron chi connectivity index (χ4n) is 3.30. The molecule has 0 aliphatic heterocycles. The number of benzene rings is 2. The Morgan fingerprint density at radius 1 is 1.03 bits per heavy atom. The minimum absolute atomic E-state index is 0.0531. The summed E-state index contributed by atoms with van der Waals surface area (Å²) in [6, 6.07) is 14.4. The minimum Gasteiger partial charge on any atom is -0.340 e. The molecular weight excluding hydrogens is 470 g/mol. The number of nitrogens with one attached hydrogen (secondary N) is 2. The van der Waals surface area contributed by atoms with E-state index in [1.165, 1.54) is 18.3 Å². The maximum absolute atomic E-state index is 12.8. The van der Waals surface area contributed by atoms with Crippen LogP contribution in [-0.2, 0) is 20.0 Å². The first-order valence-corrected chi connectivity index (χ1v) is 13.1. The second-order valence-electron chi connectivity index (χ2n) is 8.86. The van der Waals surface area contributed by atoms with E-state index in [9.17, 15) is 13.2 Å². The molecule has 1 amide bonds. The average Bonchev–Trinajstić information content (AvgIpc) is 3.18. The Morgan fingerprint density at radius 2 is 1.76 bits per heavy atom. The van der Waals surface area contributed by atoms with Gasteiger partial charge in [-0.15, -0.1) is 0 Å². The van der Waals surface area contributed by atoms with Gasteiger partial charge in [-0.1, -0.05) is 50.3 Å². The van der Waals surface area contributed by atoms with E-state index in [-0.39, 0.29) is 28.0 Å². The fraction of sp³-hybridized carbons (Fsp3) is 0.250. The number of anilines is 2. The molecule has 8 nitrogen and oxygen atoms in total. The monoisotopic (exact) mass is 495 g/mol. The van der Waals surface area contributed by atoms with Crippen LogP contribution in [0.2, 0.25) is 0 Å². The van der Waals surface area contributed by atoms with Crippen molar-refractivity contribution in [2.45, 2.75) is 38.0 Å². The highest BCUT2D eigenvalue weighted by Gasteiger charge is 2.18. The minimum atomic E-state index is -3.57. The zero-order chi connectivity index (χ0) is 24.5. The van der Waals surface area contributed by atoms with Crippen molar-refractivity contribution in [3.8, 4) is 11.3 Å². The van der Waals surface area contributed by atoms with Gasteiger partial charge >= 0.3 is 0 Å². The molecule has 0 atom stereocenters. The molecule has 2 heterocycles. The van der Waals surface area contributed by atoms with Crippen LogP contribution in [0.5, 0.6) is 0 Å². The lowest BCUT2D eigenvalue weighted by molar-refractivity contribution is -0.114. The highest BCUT2D eigenvalue weighted by molar-refractivity contribution is 7.91. The summed E-state index contributed by atoms with van der Waals surface area (Å²) in [6.45, 7) is 7.68. The third-order valence-electron chi connectivity index (χ3n) is 5.12. The standard InChI is InChI=1S/C24H25N5O3S2/c1-15(30)27-23-29-20-10-5-16(13-21(20)33-23)19-11-12-25-22(28-19)26-14-34(31,32)18-8-6-17(7-9-18)24(2,3)4/h5-13H,14H2,1-4H3,(H,25,26,28)(H,27,29,30). The zero-order valence-corrected chi connectivity index (χ0v) is 20.9. The van der Waals surface area contributed by atoms with Crippen molar-refractivity contribution in [3.63, 3.8) is 0 Å². The lowest BCUT2D eigenvalue weighted by Crippen LogP contribution is -2.17. The van der Waals surface area contributed by atoms with Crippen LogP contribution in [0.4, 0.5) is 11.1 Å². The smallest absolute Gasteiger partial charge is 0.224 e. The summed E-state index contributed by atoms with van der Waals surface area (Å²) in [5.41, 5.74) is 3.26.